The number of amides is 1. The van der Waals surface area contributed by atoms with E-state index >= 15 is 0 Å². The van der Waals surface area contributed by atoms with Crippen LogP contribution in [0.4, 0.5) is 0 Å². The summed E-state index contributed by atoms with van der Waals surface area (Å²) in [4.78, 5) is 11.8. The maximum absolute atomic E-state index is 11.8. The van der Waals surface area contributed by atoms with Gasteiger partial charge in [-0.2, -0.15) is 0 Å². The molecule has 1 rings (SSSR count). The summed E-state index contributed by atoms with van der Waals surface area (Å²) >= 11 is 0. The van der Waals surface area contributed by atoms with Crippen molar-refractivity contribution in [3.63, 3.8) is 0 Å². The third-order valence-electron chi connectivity index (χ3n) is 3.23. The van der Waals surface area contributed by atoms with Crippen molar-refractivity contribution in [3.8, 4) is 0 Å². The third kappa shape index (κ3) is 7.19. The molecule has 2 unspecified atom stereocenters. The molecule has 1 amide bonds. The van der Waals surface area contributed by atoms with Gasteiger partial charge in [0, 0.05) is 19.6 Å². The van der Waals surface area contributed by atoms with E-state index in [0.717, 1.165) is 32.2 Å². The summed E-state index contributed by atoms with van der Waals surface area (Å²) in [6, 6.07) is 0.554. The fourth-order valence-corrected chi connectivity index (χ4v) is 2.29. The summed E-state index contributed by atoms with van der Waals surface area (Å²) < 4.78 is 5.14. The first-order chi connectivity index (χ1) is 8.26. The molecule has 18 heavy (non-hydrogen) atoms. The summed E-state index contributed by atoms with van der Waals surface area (Å²) in [5.41, 5.74) is 0. The van der Waals surface area contributed by atoms with Crippen molar-refractivity contribution in [2.45, 2.75) is 57.5 Å². The van der Waals surface area contributed by atoms with Gasteiger partial charge in [-0.3, -0.25) is 4.79 Å². The Morgan fingerprint density at radius 3 is 2.89 bits per heavy atom. The average molecular weight is 279 g/mol. The number of hydrogen-bond acceptors (Lipinski definition) is 3. The van der Waals surface area contributed by atoms with Crippen LogP contribution in [0.25, 0.3) is 0 Å². The van der Waals surface area contributed by atoms with Crippen molar-refractivity contribution >= 4 is 18.3 Å². The van der Waals surface area contributed by atoms with Crippen LogP contribution in [-0.4, -0.2) is 38.3 Å². The summed E-state index contributed by atoms with van der Waals surface area (Å²) in [6.45, 7) is 3.83. The smallest absolute Gasteiger partial charge is 0.221 e. The number of nitrogens with one attached hydrogen (secondary N) is 2. The number of ether oxygens (including phenoxy) is 1. The van der Waals surface area contributed by atoms with Gasteiger partial charge in [-0.05, 0) is 25.8 Å². The molecule has 0 aliphatic carbocycles. The van der Waals surface area contributed by atoms with Gasteiger partial charge >= 0.3 is 0 Å². The lowest BCUT2D eigenvalue weighted by Crippen LogP contribution is -2.40. The van der Waals surface area contributed by atoms with Crippen molar-refractivity contribution in [3.05, 3.63) is 0 Å². The van der Waals surface area contributed by atoms with E-state index in [0.29, 0.717) is 19.1 Å². The SMILES string of the molecule is CCCCC(COC)NC(=O)CC1CCCN1.Cl. The summed E-state index contributed by atoms with van der Waals surface area (Å²) in [6.07, 6.45) is 6.21. The van der Waals surface area contributed by atoms with Crippen molar-refractivity contribution in [1.29, 1.82) is 0 Å². The largest absolute Gasteiger partial charge is 0.383 e. The second-order valence-corrected chi connectivity index (χ2v) is 4.86. The summed E-state index contributed by atoms with van der Waals surface area (Å²) in [5.74, 6) is 0.155. The van der Waals surface area contributed by atoms with E-state index < -0.39 is 0 Å². The fraction of sp³-hybridized carbons (Fsp3) is 0.923. The summed E-state index contributed by atoms with van der Waals surface area (Å²) in [5, 5.41) is 6.42. The maximum Gasteiger partial charge on any atom is 0.221 e. The molecule has 0 aromatic heterocycles. The van der Waals surface area contributed by atoms with Gasteiger partial charge in [0.05, 0.1) is 12.6 Å². The molecule has 2 N–H and O–H groups in total. The molecule has 0 aromatic rings. The van der Waals surface area contributed by atoms with Gasteiger partial charge in [-0.25, -0.2) is 0 Å². The van der Waals surface area contributed by atoms with E-state index in [9.17, 15) is 4.79 Å². The number of hydrogen-bond donors (Lipinski definition) is 2. The van der Waals surface area contributed by atoms with Gasteiger partial charge < -0.3 is 15.4 Å². The number of halogens is 1. The molecule has 1 fully saturated rings. The van der Waals surface area contributed by atoms with Crippen LogP contribution in [0, 0.1) is 0 Å². The monoisotopic (exact) mass is 278 g/mol. The molecule has 0 spiro atoms. The zero-order valence-electron chi connectivity index (χ0n) is 11.5. The van der Waals surface area contributed by atoms with Crippen molar-refractivity contribution in [1.82, 2.24) is 10.6 Å². The molecule has 0 radical (unpaired) electrons. The highest BCUT2D eigenvalue weighted by Crippen LogP contribution is 2.09. The first kappa shape index (κ1) is 17.7. The number of methoxy groups -OCH3 is 1. The molecule has 1 aliphatic rings. The third-order valence-corrected chi connectivity index (χ3v) is 3.23. The topological polar surface area (TPSA) is 50.4 Å². The molecule has 1 heterocycles. The maximum atomic E-state index is 11.8. The number of unbranched alkanes of at least 4 members (excludes halogenated alkanes) is 1. The molecule has 1 saturated heterocycles. The standard InChI is InChI=1S/C13H26N2O2.ClH/c1-3-4-6-12(10-17-2)15-13(16)9-11-7-5-8-14-11;/h11-12,14H,3-10H2,1-2H3,(H,15,16);1H. The van der Waals surface area contributed by atoms with Crippen LogP contribution in [0.2, 0.25) is 0 Å². The molecule has 108 valence electrons. The zero-order valence-corrected chi connectivity index (χ0v) is 12.4. The Kier molecular flexibility index (Phi) is 10.4. The molecule has 4 nitrogen and oxygen atoms in total. The van der Waals surface area contributed by atoms with Gasteiger partial charge in [-0.15, -0.1) is 12.4 Å². The zero-order chi connectivity index (χ0) is 12.5. The molecule has 5 heteroatoms. The highest BCUT2D eigenvalue weighted by Gasteiger charge is 2.19. The fourth-order valence-electron chi connectivity index (χ4n) is 2.29. The van der Waals surface area contributed by atoms with E-state index in [1.807, 2.05) is 0 Å². The Hall–Kier alpha value is -0.320. The molecule has 0 saturated carbocycles. The number of carbonyl (C=O) groups excluding carboxylic acids is 1. The minimum absolute atomic E-state index is 0. The normalized spacial score (nSPS) is 20.2. The van der Waals surface area contributed by atoms with Crippen molar-refractivity contribution in [2.24, 2.45) is 0 Å². The van der Waals surface area contributed by atoms with Crippen molar-refractivity contribution < 1.29 is 9.53 Å². The Morgan fingerprint density at radius 1 is 1.56 bits per heavy atom. The lowest BCUT2D eigenvalue weighted by Gasteiger charge is -2.19. The van der Waals surface area contributed by atoms with Crippen LogP contribution in [0.5, 0.6) is 0 Å². The average Bonchev–Trinajstić information content (AvgIpc) is 2.78. The van der Waals surface area contributed by atoms with Gasteiger partial charge in [0.1, 0.15) is 0 Å². The van der Waals surface area contributed by atoms with Crippen LogP contribution >= 0.6 is 12.4 Å². The van der Waals surface area contributed by atoms with Gasteiger partial charge in [-0.1, -0.05) is 19.8 Å². The Morgan fingerprint density at radius 2 is 2.33 bits per heavy atom. The molecule has 0 bridgehead atoms. The first-order valence-corrected chi connectivity index (χ1v) is 6.78. The highest BCUT2D eigenvalue weighted by atomic mass is 35.5. The van der Waals surface area contributed by atoms with E-state index in [1.165, 1.54) is 6.42 Å². The highest BCUT2D eigenvalue weighted by molar-refractivity contribution is 5.85. The number of carbonyl (C=O) groups is 1. The quantitative estimate of drug-likeness (QED) is 0.713. The van der Waals surface area contributed by atoms with Gasteiger partial charge in [0.15, 0.2) is 0 Å². The van der Waals surface area contributed by atoms with Gasteiger partial charge in [0.2, 0.25) is 5.91 Å². The van der Waals surface area contributed by atoms with Crippen LogP contribution < -0.4 is 10.6 Å². The van der Waals surface area contributed by atoms with Crippen molar-refractivity contribution in [2.75, 3.05) is 20.3 Å². The van der Waals surface area contributed by atoms with Crippen LogP contribution in [-0.2, 0) is 9.53 Å². The molecule has 2 atom stereocenters. The minimum atomic E-state index is 0. The van der Waals surface area contributed by atoms with Crippen LogP contribution in [0.3, 0.4) is 0 Å². The predicted molar refractivity (Wildman–Crippen MR) is 76.2 cm³/mol. The Balaban J connectivity index is 0.00000289. The van der Waals surface area contributed by atoms with E-state index in [4.69, 9.17) is 4.74 Å². The predicted octanol–water partition coefficient (Wildman–Crippen LogP) is 1.87. The second kappa shape index (κ2) is 10.6. The molecular weight excluding hydrogens is 252 g/mol. The Labute approximate surface area is 117 Å². The Bertz CT molecular complexity index is 221. The van der Waals surface area contributed by atoms with Crippen LogP contribution in [0.15, 0.2) is 0 Å². The van der Waals surface area contributed by atoms with Gasteiger partial charge in [0.25, 0.3) is 0 Å². The van der Waals surface area contributed by atoms with E-state index in [-0.39, 0.29) is 24.4 Å². The van der Waals surface area contributed by atoms with E-state index in [1.54, 1.807) is 7.11 Å². The molecule has 1 aliphatic heterocycles. The lowest BCUT2D eigenvalue weighted by atomic mass is 10.1. The summed E-state index contributed by atoms with van der Waals surface area (Å²) in [7, 11) is 1.68. The first-order valence-electron chi connectivity index (χ1n) is 6.78. The second-order valence-electron chi connectivity index (χ2n) is 4.86. The number of rotatable bonds is 8. The molecular formula is C13H27ClN2O2. The molecule has 0 aromatic carbocycles. The van der Waals surface area contributed by atoms with Crippen LogP contribution in [0.1, 0.15) is 45.4 Å². The minimum Gasteiger partial charge on any atom is -0.383 e. The van der Waals surface area contributed by atoms with E-state index in [2.05, 4.69) is 17.6 Å². The lowest BCUT2D eigenvalue weighted by molar-refractivity contribution is -0.122.